The maximum Gasteiger partial charge on any atom is 0.0624 e. The fraction of sp³-hybridized carbons (Fsp3) is 0.417. The Labute approximate surface area is 95.2 Å². The van der Waals surface area contributed by atoms with Gasteiger partial charge in [0.2, 0.25) is 0 Å². The monoisotopic (exact) mass is 222 g/mol. The van der Waals surface area contributed by atoms with Crippen LogP contribution in [0.5, 0.6) is 0 Å². The molecule has 1 aromatic rings. The summed E-state index contributed by atoms with van der Waals surface area (Å²) in [5.41, 5.74) is 8.44. The van der Waals surface area contributed by atoms with Gasteiger partial charge in [0, 0.05) is 18.4 Å². The molecule has 0 radical (unpaired) electrons. The van der Waals surface area contributed by atoms with Gasteiger partial charge in [-0.25, -0.2) is 0 Å². The van der Waals surface area contributed by atoms with Crippen LogP contribution in [0.3, 0.4) is 0 Å². The fourth-order valence-electron chi connectivity index (χ4n) is 1.97. The lowest BCUT2D eigenvalue weighted by atomic mass is 9.92. The maximum atomic E-state index is 6.06. The van der Waals surface area contributed by atoms with Crippen molar-refractivity contribution in [1.82, 2.24) is 4.98 Å². The number of hydrogen-bond acceptors (Lipinski definition) is 2. The van der Waals surface area contributed by atoms with Crippen LogP contribution in [-0.2, 0) is 6.42 Å². The molecule has 1 atom stereocenters. The second-order valence-electron chi connectivity index (χ2n) is 4.02. The van der Waals surface area contributed by atoms with Gasteiger partial charge in [-0.3, -0.25) is 4.98 Å². The van der Waals surface area contributed by atoms with E-state index in [1.807, 2.05) is 6.07 Å². The minimum absolute atomic E-state index is 0.231. The van der Waals surface area contributed by atoms with E-state index in [1.165, 1.54) is 12.0 Å². The van der Waals surface area contributed by atoms with Gasteiger partial charge in [0.15, 0.2) is 0 Å². The van der Waals surface area contributed by atoms with Crippen LogP contribution in [0.4, 0.5) is 0 Å². The van der Waals surface area contributed by atoms with Gasteiger partial charge in [0.05, 0.1) is 5.02 Å². The first kappa shape index (κ1) is 10.7. The van der Waals surface area contributed by atoms with Gasteiger partial charge >= 0.3 is 0 Å². The third-order valence-electron chi connectivity index (χ3n) is 2.76. The van der Waals surface area contributed by atoms with E-state index in [4.69, 9.17) is 17.3 Å². The zero-order chi connectivity index (χ0) is 10.7. The second kappa shape index (κ2) is 4.77. The van der Waals surface area contributed by atoms with Crippen molar-refractivity contribution >= 4 is 11.6 Å². The zero-order valence-corrected chi connectivity index (χ0v) is 9.37. The highest BCUT2D eigenvalue weighted by Crippen LogP contribution is 2.23. The maximum absolute atomic E-state index is 6.06. The van der Waals surface area contributed by atoms with E-state index in [9.17, 15) is 0 Å². The first-order chi connectivity index (χ1) is 7.25. The Kier molecular flexibility index (Phi) is 3.39. The van der Waals surface area contributed by atoms with E-state index in [0.717, 1.165) is 29.8 Å². The highest BCUT2D eigenvalue weighted by Gasteiger charge is 2.11. The summed E-state index contributed by atoms with van der Waals surface area (Å²) in [4.78, 5) is 3.98. The highest BCUT2D eigenvalue weighted by atomic mass is 35.5. The smallest absolute Gasteiger partial charge is 0.0624 e. The summed E-state index contributed by atoms with van der Waals surface area (Å²) in [6, 6.07) is 2.21. The topological polar surface area (TPSA) is 38.9 Å². The van der Waals surface area contributed by atoms with Gasteiger partial charge in [-0.1, -0.05) is 23.3 Å². The van der Waals surface area contributed by atoms with E-state index in [0.29, 0.717) is 0 Å². The molecule has 0 amide bonds. The van der Waals surface area contributed by atoms with Crippen molar-refractivity contribution in [1.29, 1.82) is 0 Å². The van der Waals surface area contributed by atoms with Crippen molar-refractivity contribution < 1.29 is 0 Å². The Bertz CT molecular complexity index is 374. The Morgan fingerprint density at radius 2 is 2.40 bits per heavy atom. The molecule has 1 aromatic heterocycles. The zero-order valence-electron chi connectivity index (χ0n) is 8.62. The molecule has 0 aliphatic heterocycles. The predicted molar refractivity (Wildman–Crippen MR) is 62.9 cm³/mol. The van der Waals surface area contributed by atoms with Crippen LogP contribution >= 0.6 is 11.6 Å². The lowest BCUT2D eigenvalue weighted by Crippen LogP contribution is -2.20. The minimum Gasteiger partial charge on any atom is -0.324 e. The third kappa shape index (κ3) is 2.80. The van der Waals surface area contributed by atoms with Crippen LogP contribution in [0.2, 0.25) is 5.02 Å². The average molecular weight is 223 g/mol. The molecule has 1 aliphatic carbocycles. The molecule has 0 spiro atoms. The summed E-state index contributed by atoms with van der Waals surface area (Å²) in [5, 5.41) is 0.748. The quantitative estimate of drug-likeness (QED) is 0.782. The van der Waals surface area contributed by atoms with Gasteiger partial charge < -0.3 is 5.73 Å². The third-order valence-corrected chi connectivity index (χ3v) is 3.10. The molecule has 0 fully saturated rings. The average Bonchev–Trinajstić information content (AvgIpc) is 2.22. The normalized spacial score (nSPS) is 21.2. The molecule has 0 aromatic carbocycles. The summed E-state index contributed by atoms with van der Waals surface area (Å²) < 4.78 is 0. The molecule has 1 heterocycles. The summed E-state index contributed by atoms with van der Waals surface area (Å²) >= 11 is 6.06. The SMILES string of the molecule is NC1C=C(Cc2ccncc2Cl)CCC1. The van der Waals surface area contributed by atoms with Gasteiger partial charge in [0.1, 0.15) is 0 Å². The number of allylic oxidation sites excluding steroid dienone is 1. The minimum atomic E-state index is 0.231. The second-order valence-corrected chi connectivity index (χ2v) is 4.43. The summed E-state index contributed by atoms with van der Waals surface area (Å²) in [6.07, 6.45) is 10.0. The lowest BCUT2D eigenvalue weighted by Gasteiger charge is -2.18. The molecule has 2 nitrogen and oxygen atoms in total. The van der Waals surface area contributed by atoms with Gasteiger partial charge in [-0.15, -0.1) is 0 Å². The first-order valence-electron chi connectivity index (χ1n) is 5.29. The predicted octanol–water partition coefficient (Wildman–Crippen LogP) is 2.72. The molecule has 0 saturated heterocycles. The number of nitrogens with zero attached hydrogens (tertiary/aromatic N) is 1. The van der Waals surface area contributed by atoms with Gasteiger partial charge in [-0.2, -0.15) is 0 Å². The van der Waals surface area contributed by atoms with Gasteiger partial charge in [0.25, 0.3) is 0 Å². The molecule has 0 saturated carbocycles. The van der Waals surface area contributed by atoms with Crippen LogP contribution in [0.25, 0.3) is 0 Å². The van der Waals surface area contributed by atoms with E-state index in [1.54, 1.807) is 12.4 Å². The molecule has 1 unspecified atom stereocenters. The molecule has 3 heteroatoms. The Balaban J connectivity index is 2.12. The number of pyridine rings is 1. The largest absolute Gasteiger partial charge is 0.324 e. The summed E-state index contributed by atoms with van der Waals surface area (Å²) in [7, 11) is 0. The Morgan fingerprint density at radius 1 is 1.53 bits per heavy atom. The van der Waals surface area contributed by atoms with Crippen molar-refractivity contribution in [2.75, 3.05) is 0 Å². The van der Waals surface area contributed by atoms with Crippen LogP contribution < -0.4 is 5.73 Å². The fourth-order valence-corrected chi connectivity index (χ4v) is 2.16. The van der Waals surface area contributed by atoms with E-state index in [2.05, 4.69) is 11.1 Å². The van der Waals surface area contributed by atoms with Crippen LogP contribution in [0.15, 0.2) is 30.1 Å². The molecule has 15 heavy (non-hydrogen) atoms. The van der Waals surface area contributed by atoms with Crippen molar-refractivity contribution in [3.05, 3.63) is 40.7 Å². The van der Waals surface area contributed by atoms with Crippen molar-refractivity contribution in [3.63, 3.8) is 0 Å². The van der Waals surface area contributed by atoms with E-state index in [-0.39, 0.29) is 6.04 Å². The number of hydrogen-bond donors (Lipinski definition) is 1. The summed E-state index contributed by atoms with van der Waals surface area (Å²) in [6.45, 7) is 0. The number of nitrogens with two attached hydrogens (primary N) is 1. The highest BCUT2D eigenvalue weighted by molar-refractivity contribution is 6.31. The van der Waals surface area contributed by atoms with E-state index >= 15 is 0 Å². The molecule has 0 bridgehead atoms. The van der Waals surface area contributed by atoms with Crippen molar-refractivity contribution in [3.8, 4) is 0 Å². The number of aromatic nitrogens is 1. The lowest BCUT2D eigenvalue weighted by molar-refractivity contribution is 0.617. The number of rotatable bonds is 2. The number of halogens is 1. The standard InChI is InChI=1S/C12H15ClN2/c13-12-8-15-5-4-10(12)6-9-2-1-3-11(14)7-9/h4-5,7-8,11H,1-3,6,14H2. The Morgan fingerprint density at radius 3 is 3.13 bits per heavy atom. The van der Waals surface area contributed by atoms with Crippen LogP contribution in [0, 0.1) is 0 Å². The Hall–Kier alpha value is -0.860. The molecule has 2 rings (SSSR count). The van der Waals surface area contributed by atoms with Crippen molar-refractivity contribution in [2.45, 2.75) is 31.7 Å². The van der Waals surface area contributed by atoms with Crippen molar-refractivity contribution in [2.24, 2.45) is 5.73 Å². The van der Waals surface area contributed by atoms with Gasteiger partial charge in [-0.05, 0) is 37.3 Å². The van der Waals surface area contributed by atoms with E-state index < -0.39 is 0 Å². The molecule has 80 valence electrons. The van der Waals surface area contributed by atoms with Crippen LogP contribution in [0.1, 0.15) is 24.8 Å². The molecule has 2 N–H and O–H groups in total. The summed E-state index contributed by atoms with van der Waals surface area (Å²) in [5.74, 6) is 0. The first-order valence-corrected chi connectivity index (χ1v) is 5.67. The molecular formula is C12H15ClN2. The molecular weight excluding hydrogens is 208 g/mol. The van der Waals surface area contributed by atoms with Crippen LogP contribution in [-0.4, -0.2) is 11.0 Å². The molecule has 1 aliphatic rings.